The van der Waals surface area contributed by atoms with Gasteiger partial charge in [0.1, 0.15) is 5.75 Å². The number of phenolic OH excluding ortho intramolecular Hbond substituents is 1. The highest BCUT2D eigenvalue weighted by Crippen LogP contribution is 2.47. The van der Waals surface area contributed by atoms with E-state index in [1.807, 2.05) is 30.3 Å². The maximum atomic E-state index is 11.6. The van der Waals surface area contributed by atoms with Crippen LogP contribution in [-0.4, -0.2) is 27.7 Å². The SMILES string of the molecule is Oc1cccc(CN2CC[C@@](O)(c3ccccc3)[C@H]3CCCC[C@@H]32)c1. The predicted octanol–water partition coefficient (Wildman–Crippen LogP) is 4.04. The molecule has 1 aliphatic carbocycles. The second-order valence-corrected chi connectivity index (χ2v) is 7.64. The van der Waals surface area contributed by atoms with Crippen LogP contribution in [0.5, 0.6) is 5.75 Å². The Bertz CT molecular complexity index is 717. The normalized spacial score (nSPS) is 30.0. The maximum Gasteiger partial charge on any atom is 0.115 e. The first-order valence-corrected chi connectivity index (χ1v) is 9.47. The highest BCUT2D eigenvalue weighted by molar-refractivity contribution is 5.28. The molecule has 2 fully saturated rings. The average molecular weight is 337 g/mol. The van der Waals surface area contributed by atoms with Gasteiger partial charge in [-0.1, -0.05) is 55.3 Å². The first-order valence-electron chi connectivity index (χ1n) is 9.47. The zero-order valence-electron chi connectivity index (χ0n) is 14.6. The summed E-state index contributed by atoms with van der Waals surface area (Å²) in [4.78, 5) is 2.52. The summed E-state index contributed by atoms with van der Waals surface area (Å²) >= 11 is 0. The molecule has 2 aliphatic rings. The molecule has 132 valence electrons. The first kappa shape index (κ1) is 16.6. The van der Waals surface area contributed by atoms with Crippen molar-refractivity contribution in [2.75, 3.05) is 6.54 Å². The van der Waals surface area contributed by atoms with Crippen molar-refractivity contribution in [2.24, 2.45) is 5.92 Å². The van der Waals surface area contributed by atoms with Crippen LogP contribution in [0.25, 0.3) is 0 Å². The van der Waals surface area contributed by atoms with E-state index in [2.05, 4.69) is 23.1 Å². The van der Waals surface area contributed by atoms with Crippen molar-refractivity contribution in [1.82, 2.24) is 4.90 Å². The lowest BCUT2D eigenvalue weighted by Gasteiger charge is -2.52. The lowest BCUT2D eigenvalue weighted by molar-refractivity contribution is -0.123. The molecule has 4 rings (SSSR count). The molecule has 1 aliphatic heterocycles. The van der Waals surface area contributed by atoms with E-state index in [0.717, 1.165) is 43.5 Å². The van der Waals surface area contributed by atoms with E-state index in [4.69, 9.17) is 0 Å². The van der Waals surface area contributed by atoms with Crippen LogP contribution in [0.15, 0.2) is 54.6 Å². The van der Waals surface area contributed by atoms with Crippen LogP contribution in [0.2, 0.25) is 0 Å². The molecule has 3 heteroatoms. The molecule has 3 atom stereocenters. The Kier molecular flexibility index (Phi) is 4.53. The Balaban J connectivity index is 1.60. The summed E-state index contributed by atoms with van der Waals surface area (Å²) in [6.45, 7) is 1.74. The molecule has 25 heavy (non-hydrogen) atoms. The van der Waals surface area contributed by atoms with E-state index >= 15 is 0 Å². The number of phenols is 1. The Morgan fingerprint density at radius 1 is 1.00 bits per heavy atom. The van der Waals surface area contributed by atoms with Gasteiger partial charge < -0.3 is 10.2 Å². The van der Waals surface area contributed by atoms with Gasteiger partial charge in [-0.05, 0) is 42.5 Å². The molecule has 0 unspecified atom stereocenters. The lowest BCUT2D eigenvalue weighted by Crippen LogP contribution is -2.57. The van der Waals surface area contributed by atoms with E-state index in [1.165, 1.54) is 12.8 Å². The third-order valence-corrected chi connectivity index (χ3v) is 6.16. The average Bonchev–Trinajstić information content (AvgIpc) is 2.65. The Morgan fingerprint density at radius 2 is 1.80 bits per heavy atom. The minimum atomic E-state index is -0.707. The van der Waals surface area contributed by atoms with Crippen LogP contribution in [-0.2, 0) is 12.1 Å². The third kappa shape index (κ3) is 3.19. The monoisotopic (exact) mass is 337 g/mol. The maximum absolute atomic E-state index is 11.6. The zero-order chi connectivity index (χ0) is 17.3. The van der Waals surface area contributed by atoms with E-state index in [1.54, 1.807) is 6.07 Å². The molecule has 2 aromatic rings. The summed E-state index contributed by atoms with van der Waals surface area (Å²) < 4.78 is 0. The number of likely N-dealkylation sites (tertiary alicyclic amines) is 1. The molecule has 0 spiro atoms. The summed E-state index contributed by atoms with van der Waals surface area (Å²) in [6, 6.07) is 18.2. The Morgan fingerprint density at radius 3 is 2.60 bits per heavy atom. The van der Waals surface area contributed by atoms with Crippen molar-refractivity contribution in [3.63, 3.8) is 0 Å². The first-order chi connectivity index (χ1) is 12.2. The Hall–Kier alpha value is -1.84. The van der Waals surface area contributed by atoms with Gasteiger partial charge in [0, 0.05) is 25.0 Å². The van der Waals surface area contributed by atoms with Crippen LogP contribution >= 0.6 is 0 Å². The summed E-state index contributed by atoms with van der Waals surface area (Å²) in [5.74, 6) is 0.616. The molecule has 1 saturated carbocycles. The van der Waals surface area contributed by atoms with Gasteiger partial charge in [-0.25, -0.2) is 0 Å². The minimum Gasteiger partial charge on any atom is -0.508 e. The molecule has 0 amide bonds. The number of hydrogen-bond donors (Lipinski definition) is 2. The standard InChI is InChI=1S/C22H27NO2/c24-19-10-6-7-17(15-19)16-23-14-13-22(25,18-8-2-1-3-9-18)20-11-4-5-12-21(20)23/h1-3,6-10,15,20-21,24-25H,4-5,11-14,16H2/t20-,21-,22+/m0/s1. The van der Waals surface area contributed by atoms with Crippen molar-refractivity contribution in [1.29, 1.82) is 0 Å². The summed E-state index contributed by atoms with van der Waals surface area (Å²) in [7, 11) is 0. The molecule has 1 heterocycles. The number of rotatable bonds is 3. The molecule has 3 nitrogen and oxygen atoms in total. The van der Waals surface area contributed by atoms with Crippen molar-refractivity contribution in [3.8, 4) is 5.75 Å². The fraction of sp³-hybridized carbons (Fsp3) is 0.455. The van der Waals surface area contributed by atoms with E-state index in [-0.39, 0.29) is 5.92 Å². The van der Waals surface area contributed by atoms with E-state index in [9.17, 15) is 10.2 Å². The van der Waals surface area contributed by atoms with Crippen molar-refractivity contribution in [2.45, 2.75) is 50.3 Å². The van der Waals surface area contributed by atoms with Gasteiger partial charge in [-0.2, -0.15) is 0 Å². The van der Waals surface area contributed by atoms with Gasteiger partial charge in [0.25, 0.3) is 0 Å². The predicted molar refractivity (Wildman–Crippen MR) is 99.2 cm³/mol. The van der Waals surface area contributed by atoms with Gasteiger partial charge in [0.2, 0.25) is 0 Å². The minimum absolute atomic E-state index is 0.287. The third-order valence-electron chi connectivity index (χ3n) is 6.16. The highest BCUT2D eigenvalue weighted by atomic mass is 16.3. The molecular weight excluding hydrogens is 310 g/mol. The van der Waals surface area contributed by atoms with E-state index in [0.29, 0.717) is 11.8 Å². The lowest BCUT2D eigenvalue weighted by atomic mass is 9.66. The number of hydrogen-bond acceptors (Lipinski definition) is 3. The van der Waals surface area contributed by atoms with Crippen molar-refractivity contribution >= 4 is 0 Å². The molecule has 0 radical (unpaired) electrons. The van der Waals surface area contributed by atoms with Crippen molar-refractivity contribution < 1.29 is 10.2 Å². The number of aromatic hydroxyl groups is 1. The van der Waals surface area contributed by atoms with Gasteiger partial charge in [0.05, 0.1) is 5.60 Å². The fourth-order valence-corrected chi connectivity index (χ4v) is 4.94. The Labute approximate surface area is 149 Å². The molecule has 1 saturated heterocycles. The van der Waals surface area contributed by atoms with Gasteiger partial charge in [-0.15, -0.1) is 0 Å². The molecule has 0 aromatic heterocycles. The second-order valence-electron chi connectivity index (χ2n) is 7.64. The van der Waals surface area contributed by atoms with Gasteiger partial charge in [0.15, 0.2) is 0 Å². The summed E-state index contributed by atoms with van der Waals surface area (Å²) in [5, 5.41) is 21.3. The second kappa shape index (κ2) is 6.81. The topological polar surface area (TPSA) is 43.7 Å². The van der Waals surface area contributed by atoms with Gasteiger partial charge >= 0.3 is 0 Å². The van der Waals surface area contributed by atoms with Crippen LogP contribution in [0.1, 0.15) is 43.2 Å². The van der Waals surface area contributed by atoms with Crippen LogP contribution < -0.4 is 0 Å². The van der Waals surface area contributed by atoms with Crippen LogP contribution in [0, 0.1) is 5.92 Å². The largest absolute Gasteiger partial charge is 0.508 e. The number of aliphatic hydroxyl groups is 1. The molecule has 0 bridgehead atoms. The molecule has 2 N–H and O–H groups in total. The smallest absolute Gasteiger partial charge is 0.115 e. The fourth-order valence-electron chi connectivity index (χ4n) is 4.94. The number of nitrogens with zero attached hydrogens (tertiary/aromatic N) is 1. The number of piperidine rings is 1. The molecular formula is C22H27NO2. The summed E-state index contributed by atoms with van der Waals surface area (Å²) in [5.41, 5.74) is 1.51. The van der Waals surface area contributed by atoms with Crippen LogP contribution in [0.4, 0.5) is 0 Å². The molecule has 2 aromatic carbocycles. The van der Waals surface area contributed by atoms with E-state index < -0.39 is 5.60 Å². The number of benzene rings is 2. The van der Waals surface area contributed by atoms with Crippen LogP contribution in [0.3, 0.4) is 0 Å². The zero-order valence-corrected chi connectivity index (χ0v) is 14.6. The number of fused-ring (bicyclic) bond motifs is 1. The van der Waals surface area contributed by atoms with Gasteiger partial charge in [-0.3, -0.25) is 4.90 Å². The van der Waals surface area contributed by atoms with Crippen molar-refractivity contribution in [3.05, 3.63) is 65.7 Å². The summed E-state index contributed by atoms with van der Waals surface area (Å²) in [6.07, 6.45) is 5.46. The quantitative estimate of drug-likeness (QED) is 0.888. The highest BCUT2D eigenvalue weighted by Gasteiger charge is 2.48.